The summed E-state index contributed by atoms with van der Waals surface area (Å²) in [4.78, 5) is 14.2. The summed E-state index contributed by atoms with van der Waals surface area (Å²) in [5.74, 6) is -2.15. The topological polar surface area (TPSA) is 60.8 Å². The van der Waals surface area contributed by atoms with Crippen molar-refractivity contribution in [2.45, 2.75) is 62.7 Å². The number of aliphatic hydroxyl groups is 2. The number of rotatable bonds is 3. The fourth-order valence-electron chi connectivity index (χ4n) is 3.89. The molecule has 1 saturated heterocycles. The van der Waals surface area contributed by atoms with Crippen molar-refractivity contribution in [1.29, 1.82) is 0 Å². The molecule has 132 valence electrons. The number of hydrogen-bond donors (Lipinski definition) is 2. The van der Waals surface area contributed by atoms with Crippen molar-refractivity contribution in [3.8, 4) is 0 Å². The average molecular weight is 339 g/mol. The third-order valence-corrected chi connectivity index (χ3v) is 5.19. The van der Waals surface area contributed by atoms with Crippen LogP contribution < -0.4 is 0 Å². The number of amides is 1. The van der Waals surface area contributed by atoms with Crippen molar-refractivity contribution in [2.24, 2.45) is 0 Å². The van der Waals surface area contributed by atoms with E-state index >= 15 is 0 Å². The van der Waals surface area contributed by atoms with Crippen molar-refractivity contribution in [3.05, 3.63) is 35.4 Å². The van der Waals surface area contributed by atoms with E-state index < -0.39 is 29.4 Å². The number of benzene rings is 1. The molecule has 2 atom stereocenters. The van der Waals surface area contributed by atoms with Crippen molar-refractivity contribution >= 4 is 5.91 Å². The molecule has 1 aliphatic carbocycles. The predicted octanol–water partition coefficient (Wildman–Crippen LogP) is 2.68. The first-order valence-corrected chi connectivity index (χ1v) is 8.53. The second-order valence-electron chi connectivity index (χ2n) is 7.09. The Hall–Kier alpha value is -1.53. The predicted molar refractivity (Wildman–Crippen MR) is 84.1 cm³/mol. The molecule has 0 aromatic heterocycles. The molecule has 0 spiro atoms. The molecule has 4 nitrogen and oxygen atoms in total. The summed E-state index contributed by atoms with van der Waals surface area (Å²) in [7, 11) is 0. The molecule has 2 aliphatic rings. The first kappa shape index (κ1) is 17.3. The standard InChI is InChI=1S/C18H23F2NO3/c19-14-5-4-12(8-15(14)20)16-9-13(22)11-21(16)17(23)10-18(24)6-2-1-3-7-18/h4-5,8,13,16,22,24H,1-3,6-7,9-11H2/t13-,16-/m0/s1. The molecule has 0 unspecified atom stereocenters. The monoisotopic (exact) mass is 339 g/mol. The van der Waals surface area contributed by atoms with Gasteiger partial charge in [-0.1, -0.05) is 25.3 Å². The minimum Gasteiger partial charge on any atom is -0.391 e. The van der Waals surface area contributed by atoms with E-state index in [1.54, 1.807) is 0 Å². The van der Waals surface area contributed by atoms with Gasteiger partial charge in [-0.25, -0.2) is 8.78 Å². The minimum atomic E-state index is -0.985. The van der Waals surface area contributed by atoms with Crippen LogP contribution in [0.3, 0.4) is 0 Å². The van der Waals surface area contributed by atoms with Crippen molar-refractivity contribution < 1.29 is 23.8 Å². The normalized spacial score (nSPS) is 26.6. The number of nitrogens with zero attached hydrogens (tertiary/aromatic N) is 1. The lowest BCUT2D eigenvalue weighted by atomic mass is 9.82. The third kappa shape index (κ3) is 3.59. The number of carbonyl (C=O) groups excluding carboxylic acids is 1. The van der Waals surface area contributed by atoms with E-state index in [1.807, 2.05) is 0 Å². The highest BCUT2D eigenvalue weighted by Gasteiger charge is 2.39. The molecule has 1 aromatic rings. The zero-order valence-corrected chi connectivity index (χ0v) is 13.5. The fraction of sp³-hybridized carbons (Fsp3) is 0.611. The van der Waals surface area contributed by atoms with E-state index in [4.69, 9.17) is 0 Å². The zero-order chi connectivity index (χ0) is 17.3. The second kappa shape index (κ2) is 6.76. The Morgan fingerprint density at radius 1 is 1.21 bits per heavy atom. The second-order valence-corrected chi connectivity index (χ2v) is 7.09. The van der Waals surface area contributed by atoms with Crippen LogP contribution in [-0.2, 0) is 4.79 Å². The average Bonchev–Trinajstić information content (AvgIpc) is 2.92. The van der Waals surface area contributed by atoms with E-state index in [0.717, 1.165) is 31.4 Å². The number of halogens is 2. The van der Waals surface area contributed by atoms with Crippen LogP contribution >= 0.6 is 0 Å². The Bertz CT molecular complexity index is 616. The van der Waals surface area contributed by atoms with Gasteiger partial charge in [-0.3, -0.25) is 4.79 Å². The molecule has 0 bridgehead atoms. The molecule has 1 aromatic carbocycles. The van der Waals surface area contributed by atoms with E-state index in [1.165, 1.54) is 11.0 Å². The van der Waals surface area contributed by atoms with E-state index in [-0.39, 0.29) is 25.3 Å². The molecule has 24 heavy (non-hydrogen) atoms. The SMILES string of the molecule is O=C(CC1(O)CCCCC1)N1C[C@@H](O)C[C@H]1c1ccc(F)c(F)c1. The number of likely N-dealkylation sites (tertiary alicyclic amines) is 1. The molecule has 1 amide bonds. The number of aliphatic hydroxyl groups excluding tert-OH is 1. The van der Waals surface area contributed by atoms with Crippen molar-refractivity contribution in [2.75, 3.05) is 6.54 Å². The van der Waals surface area contributed by atoms with Crippen LogP contribution in [0.2, 0.25) is 0 Å². The van der Waals surface area contributed by atoms with Gasteiger partial charge in [0.15, 0.2) is 11.6 Å². The van der Waals surface area contributed by atoms with Crippen molar-refractivity contribution in [1.82, 2.24) is 4.90 Å². The lowest BCUT2D eigenvalue weighted by molar-refractivity contribution is -0.139. The number of carbonyl (C=O) groups is 1. The lowest BCUT2D eigenvalue weighted by Crippen LogP contribution is -2.40. The molecule has 1 heterocycles. The van der Waals surface area contributed by atoms with Gasteiger partial charge in [0.25, 0.3) is 0 Å². The van der Waals surface area contributed by atoms with Crippen LogP contribution in [-0.4, -0.2) is 39.3 Å². The Labute approximate surface area is 140 Å². The summed E-state index contributed by atoms with van der Waals surface area (Å²) in [6, 6.07) is 3.06. The highest BCUT2D eigenvalue weighted by molar-refractivity contribution is 5.78. The van der Waals surface area contributed by atoms with Gasteiger partial charge in [-0.15, -0.1) is 0 Å². The molecule has 1 aliphatic heterocycles. The van der Waals surface area contributed by atoms with Crippen LogP contribution in [0.4, 0.5) is 8.78 Å². The van der Waals surface area contributed by atoms with Gasteiger partial charge < -0.3 is 15.1 Å². The maximum atomic E-state index is 13.5. The Morgan fingerprint density at radius 3 is 2.58 bits per heavy atom. The van der Waals surface area contributed by atoms with E-state index in [2.05, 4.69) is 0 Å². The summed E-state index contributed by atoms with van der Waals surface area (Å²) < 4.78 is 26.7. The summed E-state index contributed by atoms with van der Waals surface area (Å²) in [6.07, 6.45) is 3.67. The van der Waals surface area contributed by atoms with Gasteiger partial charge >= 0.3 is 0 Å². The largest absolute Gasteiger partial charge is 0.391 e. The summed E-state index contributed by atoms with van der Waals surface area (Å²) in [5.41, 5.74) is -0.518. The smallest absolute Gasteiger partial charge is 0.226 e. The maximum absolute atomic E-state index is 13.5. The maximum Gasteiger partial charge on any atom is 0.226 e. The Balaban J connectivity index is 1.77. The van der Waals surface area contributed by atoms with Crippen molar-refractivity contribution in [3.63, 3.8) is 0 Å². The van der Waals surface area contributed by atoms with Gasteiger partial charge in [-0.05, 0) is 37.0 Å². The number of hydrogen-bond acceptors (Lipinski definition) is 3. The van der Waals surface area contributed by atoms with Crippen LogP contribution in [0.25, 0.3) is 0 Å². The fourth-order valence-corrected chi connectivity index (χ4v) is 3.89. The highest BCUT2D eigenvalue weighted by Crippen LogP contribution is 2.36. The summed E-state index contributed by atoms with van der Waals surface area (Å²) in [6.45, 7) is 0.151. The first-order chi connectivity index (χ1) is 11.4. The Morgan fingerprint density at radius 2 is 1.92 bits per heavy atom. The molecule has 6 heteroatoms. The molecular formula is C18H23F2NO3. The van der Waals surface area contributed by atoms with Crippen LogP contribution in [0.1, 0.15) is 56.6 Å². The third-order valence-electron chi connectivity index (χ3n) is 5.19. The quantitative estimate of drug-likeness (QED) is 0.890. The van der Waals surface area contributed by atoms with E-state index in [0.29, 0.717) is 18.4 Å². The zero-order valence-electron chi connectivity index (χ0n) is 13.5. The van der Waals surface area contributed by atoms with Gasteiger partial charge in [0.1, 0.15) is 0 Å². The molecule has 1 saturated carbocycles. The van der Waals surface area contributed by atoms with Gasteiger partial charge in [0.05, 0.1) is 24.2 Å². The summed E-state index contributed by atoms with van der Waals surface area (Å²) in [5, 5.41) is 20.5. The molecule has 2 N–H and O–H groups in total. The molecular weight excluding hydrogens is 316 g/mol. The molecule has 2 fully saturated rings. The van der Waals surface area contributed by atoms with Crippen LogP contribution in [0, 0.1) is 11.6 Å². The molecule has 3 rings (SSSR count). The molecule has 0 radical (unpaired) electrons. The highest BCUT2D eigenvalue weighted by atomic mass is 19.2. The number of β-amino-alcohol motifs (C(OH)–C–C–N with tert-alkyl or cyclic N) is 1. The van der Waals surface area contributed by atoms with E-state index in [9.17, 15) is 23.8 Å². The summed E-state index contributed by atoms with van der Waals surface area (Å²) >= 11 is 0. The van der Waals surface area contributed by atoms with Gasteiger partial charge in [0, 0.05) is 6.54 Å². The first-order valence-electron chi connectivity index (χ1n) is 8.53. The van der Waals surface area contributed by atoms with Gasteiger partial charge in [-0.2, -0.15) is 0 Å². The Kier molecular flexibility index (Phi) is 4.88. The van der Waals surface area contributed by atoms with Gasteiger partial charge in [0.2, 0.25) is 5.91 Å². The van der Waals surface area contributed by atoms with Crippen LogP contribution in [0.15, 0.2) is 18.2 Å². The van der Waals surface area contributed by atoms with Crippen LogP contribution in [0.5, 0.6) is 0 Å². The minimum absolute atomic E-state index is 0.0138. The lowest BCUT2D eigenvalue weighted by Gasteiger charge is -2.34.